The van der Waals surface area contributed by atoms with E-state index in [1.54, 1.807) is 23.3 Å². The Morgan fingerprint density at radius 1 is 1.19 bits per heavy atom. The fourth-order valence-electron chi connectivity index (χ4n) is 3.58. The van der Waals surface area contributed by atoms with Crippen molar-refractivity contribution in [2.75, 3.05) is 17.3 Å². The lowest BCUT2D eigenvalue weighted by Gasteiger charge is -2.27. The molecule has 162 valence electrons. The van der Waals surface area contributed by atoms with Crippen LogP contribution in [-0.4, -0.2) is 52.5 Å². The molecule has 0 saturated carbocycles. The summed E-state index contributed by atoms with van der Waals surface area (Å²) in [5.41, 5.74) is 2.60. The zero-order valence-electron chi connectivity index (χ0n) is 17.1. The van der Waals surface area contributed by atoms with E-state index < -0.39 is 9.84 Å². The van der Waals surface area contributed by atoms with Gasteiger partial charge in [-0.2, -0.15) is 0 Å². The first-order valence-corrected chi connectivity index (χ1v) is 12.8. The third kappa shape index (κ3) is 5.54. The number of hydrogen-bond donors (Lipinski definition) is 0. The molecule has 0 bridgehead atoms. The van der Waals surface area contributed by atoms with Gasteiger partial charge in [0.05, 0.1) is 35.8 Å². The monoisotopic (exact) mass is 457 g/mol. The van der Waals surface area contributed by atoms with E-state index in [2.05, 4.69) is 9.97 Å². The van der Waals surface area contributed by atoms with E-state index in [1.165, 1.54) is 11.8 Å². The predicted molar refractivity (Wildman–Crippen MR) is 119 cm³/mol. The van der Waals surface area contributed by atoms with Gasteiger partial charge in [-0.05, 0) is 31.5 Å². The number of hydrogen-bond acceptors (Lipinski definition) is 7. The zero-order chi connectivity index (χ0) is 21.8. The fraction of sp³-hybridized carbons (Fsp3) is 0.318. The molecule has 9 heteroatoms. The van der Waals surface area contributed by atoms with E-state index in [1.807, 2.05) is 43.3 Å². The summed E-state index contributed by atoms with van der Waals surface area (Å²) in [5.74, 6) is 0.683. The van der Waals surface area contributed by atoms with Crippen LogP contribution in [-0.2, 0) is 21.2 Å². The Kier molecular flexibility index (Phi) is 6.43. The Labute approximate surface area is 185 Å². The standard InChI is InChI=1S/C22H23N3O4S2/c1-16-12-20(17-6-3-2-4-7-17)24-22(23-16)30-14-21(26)25(13-19-8-5-10-29-19)18-9-11-31(27,28)15-18/h2-8,10,12,18H,9,11,13-15H2,1H3/t18-/m1/s1. The molecule has 31 heavy (non-hydrogen) atoms. The average Bonchev–Trinajstić information content (AvgIpc) is 3.39. The van der Waals surface area contributed by atoms with Crippen molar-refractivity contribution in [3.8, 4) is 11.3 Å². The number of carbonyl (C=O) groups excluding carboxylic acids is 1. The molecule has 2 aromatic heterocycles. The number of nitrogens with zero attached hydrogens (tertiary/aromatic N) is 3. The highest BCUT2D eigenvalue weighted by atomic mass is 32.2. The molecule has 7 nitrogen and oxygen atoms in total. The number of carbonyl (C=O) groups is 1. The molecule has 1 fully saturated rings. The number of aryl methyl sites for hydroxylation is 1. The summed E-state index contributed by atoms with van der Waals surface area (Å²) in [7, 11) is -3.12. The summed E-state index contributed by atoms with van der Waals surface area (Å²) in [6.07, 6.45) is 1.99. The molecule has 1 aliphatic rings. The van der Waals surface area contributed by atoms with Gasteiger partial charge in [0.15, 0.2) is 15.0 Å². The molecular weight excluding hydrogens is 434 g/mol. The van der Waals surface area contributed by atoms with Gasteiger partial charge in [-0.1, -0.05) is 42.1 Å². The molecule has 0 unspecified atom stereocenters. The van der Waals surface area contributed by atoms with Crippen LogP contribution in [0, 0.1) is 6.92 Å². The zero-order valence-corrected chi connectivity index (χ0v) is 18.7. The Morgan fingerprint density at radius 3 is 2.68 bits per heavy atom. The molecule has 3 aromatic rings. The van der Waals surface area contributed by atoms with Crippen LogP contribution in [0.2, 0.25) is 0 Å². The molecule has 0 aliphatic carbocycles. The second kappa shape index (κ2) is 9.23. The van der Waals surface area contributed by atoms with E-state index in [4.69, 9.17) is 4.42 Å². The van der Waals surface area contributed by atoms with Gasteiger partial charge in [0.1, 0.15) is 5.76 Å². The fourth-order valence-corrected chi connectivity index (χ4v) is 6.10. The van der Waals surface area contributed by atoms with Gasteiger partial charge in [0, 0.05) is 17.3 Å². The normalized spacial score (nSPS) is 17.5. The topological polar surface area (TPSA) is 93.4 Å². The maximum Gasteiger partial charge on any atom is 0.233 e. The lowest BCUT2D eigenvalue weighted by molar-refractivity contribution is -0.131. The summed E-state index contributed by atoms with van der Waals surface area (Å²) in [5, 5.41) is 0.518. The largest absolute Gasteiger partial charge is 0.467 e. The van der Waals surface area contributed by atoms with Crippen LogP contribution in [0.15, 0.2) is 64.4 Å². The van der Waals surface area contributed by atoms with Crippen LogP contribution in [0.1, 0.15) is 17.9 Å². The maximum atomic E-state index is 13.1. The smallest absolute Gasteiger partial charge is 0.233 e. The van der Waals surface area contributed by atoms with Crippen LogP contribution in [0.25, 0.3) is 11.3 Å². The number of aromatic nitrogens is 2. The van der Waals surface area contributed by atoms with Gasteiger partial charge in [-0.3, -0.25) is 4.79 Å². The van der Waals surface area contributed by atoms with Gasteiger partial charge in [-0.15, -0.1) is 0 Å². The lowest BCUT2D eigenvalue weighted by Crippen LogP contribution is -2.41. The predicted octanol–water partition coefficient (Wildman–Crippen LogP) is 3.35. The summed E-state index contributed by atoms with van der Waals surface area (Å²) in [6.45, 7) is 2.14. The molecule has 1 atom stereocenters. The van der Waals surface area contributed by atoms with Gasteiger partial charge in [-0.25, -0.2) is 18.4 Å². The quantitative estimate of drug-likeness (QED) is 0.397. The molecule has 4 rings (SSSR count). The SMILES string of the molecule is Cc1cc(-c2ccccc2)nc(SCC(=O)N(Cc2ccco2)[C@@H]2CCS(=O)(=O)C2)n1. The number of rotatable bonds is 7. The highest BCUT2D eigenvalue weighted by Crippen LogP contribution is 2.24. The van der Waals surface area contributed by atoms with Crippen LogP contribution >= 0.6 is 11.8 Å². The van der Waals surface area contributed by atoms with E-state index in [0.29, 0.717) is 17.3 Å². The number of sulfone groups is 1. The average molecular weight is 458 g/mol. The number of thioether (sulfide) groups is 1. The van der Waals surface area contributed by atoms with Gasteiger partial charge < -0.3 is 9.32 Å². The number of amides is 1. The van der Waals surface area contributed by atoms with Crippen molar-refractivity contribution >= 4 is 27.5 Å². The molecule has 1 aromatic carbocycles. The minimum absolute atomic E-state index is 0.0107. The second-order valence-electron chi connectivity index (χ2n) is 7.49. The Morgan fingerprint density at radius 2 is 2.00 bits per heavy atom. The molecule has 3 heterocycles. The molecule has 1 amide bonds. The van der Waals surface area contributed by atoms with E-state index in [9.17, 15) is 13.2 Å². The minimum Gasteiger partial charge on any atom is -0.467 e. The molecule has 1 saturated heterocycles. The molecule has 0 N–H and O–H groups in total. The van der Waals surface area contributed by atoms with Gasteiger partial charge in [0.2, 0.25) is 5.91 Å². The molecular formula is C22H23N3O4S2. The van der Waals surface area contributed by atoms with Crippen molar-refractivity contribution in [1.82, 2.24) is 14.9 Å². The molecule has 1 aliphatic heterocycles. The molecule has 0 spiro atoms. The van der Waals surface area contributed by atoms with Crippen LogP contribution in [0.4, 0.5) is 0 Å². The van der Waals surface area contributed by atoms with E-state index in [0.717, 1.165) is 17.0 Å². The summed E-state index contributed by atoms with van der Waals surface area (Å²) in [6, 6.07) is 14.9. The highest BCUT2D eigenvalue weighted by molar-refractivity contribution is 7.99. The van der Waals surface area contributed by atoms with Crippen molar-refractivity contribution in [2.24, 2.45) is 0 Å². The maximum absolute atomic E-state index is 13.1. The third-order valence-corrected chi connectivity index (χ3v) is 7.69. The summed E-state index contributed by atoms with van der Waals surface area (Å²) in [4.78, 5) is 23.8. The first kappa shape index (κ1) is 21.6. The van der Waals surface area contributed by atoms with Crippen LogP contribution < -0.4 is 0 Å². The van der Waals surface area contributed by atoms with Crippen molar-refractivity contribution in [3.05, 3.63) is 66.2 Å². The first-order valence-electron chi connectivity index (χ1n) is 9.96. The van der Waals surface area contributed by atoms with Crippen molar-refractivity contribution in [2.45, 2.75) is 31.1 Å². The van der Waals surface area contributed by atoms with E-state index in [-0.39, 0.29) is 35.8 Å². The highest BCUT2D eigenvalue weighted by Gasteiger charge is 2.35. The van der Waals surface area contributed by atoms with Gasteiger partial charge in [0.25, 0.3) is 0 Å². The first-order chi connectivity index (χ1) is 14.9. The van der Waals surface area contributed by atoms with Crippen molar-refractivity contribution < 1.29 is 17.6 Å². The Hall–Kier alpha value is -2.65. The van der Waals surface area contributed by atoms with E-state index >= 15 is 0 Å². The molecule has 0 radical (unpaired) electrons. The van der Waals surface area contributed by atoms with Crippen LogP contribution in [0.3, 0.4) is 0 Å². The minimum atomic E-state index is -3.12. The van der Waals surface area contributed by atoms with Crippen molar-refractivity contribution in [3.63, 3.8) is 0 Å². The number of furan rings is 1. The second-order valence-corrected chi connectivity index (χ2v) is 10.7. The van der Waals surface area contributed by atoms with Crippen LogP contribution in [0.5, 0.6) is 0 Å². The third-order valence-electron chi connectivity index (χ3n) is 5.10. The van der Waals surface area contributed by atoms with Gasteiger partial charge >= 0.3 is 0 Å². The summed E-state index contributed by atoms with van der Waals surface area (Å²) < 4.78 is 29.3. The number of benzene rings is 1. The Bertz CT molecular complexity index is 1150. The van der Waals surface area contributed by atoms with Crippen molar-refractivity contribution in [1.29, 1.82) is 0 Å². The summed E-state index contributed by atoms with van der Waals surface area (Å²) >= 11 is 1.26. The lowest BCUT2D eigenvalue weighted by atomic mass is 10.1. The Balaban J connectivity index is 1.49.